The summed E-state index contributed by atoms with van der Waals surface area (Å²) in [6.07, 6.45) is 1.87. The minimum absolute atomic E-state index is 0.0436. The van der Waals surface area contributed by atoms with Gasteiger partial charge in [0.05, 0.1) is 15.8 Å². The first-order valence-corrected chi connectivity index (χ1v) is 5.46. The number of aromatic amines is 1. The lowest BCUT2D eigenvalue weighted by molar-refractivity contribution is -0.383. The number of carboxylic acids is 1. The Morgan fingerprint density at radius 3 is 2.83 bits per heavy atom. The van der Waals surface area contributed by atoms with Gasteiger partial charge in [-0.15, -0.1) is 0 Å². The molecule has 2 aromatic rings. The molecule has 0 amide bonds. The Morgan fingerprint density at radius 1 is 1.50 bits per heavy atom. The van der Waals surface area contributed by atoms with E-state index in [0.29, 0.717) is 22.0 Å². The number of benzene rings is 1. The minimum Gasteiger partial charge on any atom is -0.481 e. The number of hydrogen-bond donors (Lipinski definition) is 2. The number of aromatic nitrogens is 1. The maximum absolute atomic E-state index is 11.1. The van der Waals surface area contributed by atoms with Crippen LogP contribution in [0.1, 0.15) is 17.5 Å². The van der Waals surface area contributed by atoms with Gasteiger partial charge in [0.15, 0.2) is 0 Å². The number of nitrogens with zero attached hydrogens (tertiary/aromatic N) is 1. The highest BCUT2D eigenvalue weighted by molar-refractivity contribution is 5.93. The first-order valence-electron chi connectivity index (χ1n) is 5.46. The van der Waals surface area contributed by atoms with E-state index in [1.165, 1.54) is 0 Å². The van der Waals surface area contributed by atoms with E-state index in [1.807, 2.05) is 0 Å². The number of aliphatic carboxylic acids is 1. The summed E-state index contributed by atoms with van der Waals surface area (Å²) < 4.78 is 0. The molecule has 94 valence electrons. The summed E-state index contributed by atoms with van der Waals surface area (Å²) in [5.74, 6) is -0.917. The van der Waals surface area contributed by atoms with Crippen LogP contribution in [0.4, 0.5) is 5.69 Å². The summed E-state index contributed by atoms with van der Waals surface area (Å²) in [4.78, 5) is 24.2. The van der Waals surface area contributed by atoms with Crippen molar-refractivity contribution in [3.05, 3.63) is 39.6 Å². The highest BCUT2D eigenvalue weighted by atomic mass is 16.6. The SMILES string of the molecule is Cc1ccc2[nH]cc(CCC(=O)O)c2c1[N+](=O)[O-]. The van der Waals surface area contributed by atoms with Gasteiger partial charge in [-0.3, -0.25) is 14.9 Å². The maximum atomic E-state index is 11.1. The lowest BCUT2D eigenvalue weighted by Crippen LogP contribution is -1.98. The van der Waals surface area contributed by atoms with Gasteiger partial charge in [0.25, 0.3) is 5.69 Å². The smallest absolute Gasteiger partial charge is 0.303 e. The highest BCUT2D eigenvalue weighted by Crippen LogP contribution is 2.32. The van der Waals surface area contributed by atoms with E-state index in [2.05, 4.69) is 4.98 Å². The number of hydrogen-bond acceptors (Lipinski definition) is 3. The molecule has 0 atom stereocenters. The van der Waals surface area contributed by atoms with Crippen LogP contribution in [0.2, 0.25) is 0 Å². The lowest BCUT2D eigenvalue weighted by atomic mass is 10.0. The van der Waals surface area contributed by atoms with E-state index in [-0.39, 0.29) is 18.5 Å². The largest absolute Gasteiger partial charge is 0.481 e. The molecular weight excluding hydrogens is 236 g/mol. The number of nitrogens with one attached hydrogen (secondary N) is 1. The highest BCUT2D eigenvalue weighted by Gasteiger charge is 2.20. The molecular formula is C12H12N2O4. The number of fused-ring (bicyclic) bond motifs is 1. The Hall–Kier alpha value is -2.37. The molecule has 0 aliphatic rings. The second kappa shape index (κ2) is 4.48. The molecule has 1 aromatic carbocycles. The van der Waals surface area contributed by atoms with Crippen LogP contribution in [0.25, 0.3) is 10.9 Å². The van der Waals surface area contributed by atoms with Crippen LogP contribution in [0, 0.1) is 17.0 Å². The Labute approximate surface area is 102 Å². The molecule has 0 saturated heterocycles. The number of rotatable bonds is 4. The molecule has 6 nitrogen and oxygen atoms in total. The number of nitro groups is 1. The van der Waals surface area contributed by atoms with E-state index in [4.69, 9.17) is 5.11 Å². The van der Waals surface area contributed by atoms with Crippen LogP contribution in [0.3, 0.4) is 0 Å². The van der Waals surface area contributed by atoms with Crippen molar-refractivity contribution in [3.63, 3.8) is 0 Å². The first-order chi connectivity index (χ1) is 8.50. The van der Waals surface area contributed by atoms with Crippen molar-refractivity contribution in [2.45, 2.75) is 19.8 Å². The van der Waals surface area contributed by atoms with Crippen molar-refractivity contribution in [2.75, 3.05) is 0 Å². The minimum atomic E-state index is -0.917. The predicted molar refractivity (Wildman–Crippen MR) is 65.6 cm³/mol. The van der Waals surface area contributed by atoms with Gasteiger partial charge < -0.3 is 10.1 Å². The lowest BCUT2D eigenvalue weighted by Gasteiger charge is -2.01. The molecule has 18 heavy (non-hydrogen) atoms. The van der Waals surface area contributed by atoms with Crippen molar-refractivity contribution < 1.29 is 14.8 Å². The number of H-pyrrole nitrogens is 1. The van der Waals surface area contributed by atoms with Crippen LogP contribution in [0.5, 0.6) is 0 Å². The molecule has 2 N–H and O–H groups in total. The van der Waals surface area contributed by atoms with Crippen molar-refractivity contribution in [1.29, 1.82) is 0 Å². The zero-order chi connectivity index (χ0) is 13.3. The summed E-state index contributed by atoms with van der Waals surface area (Å²) in [5.41, 5.74) is 1.95. The topological polar surface area (TPSA) is 96.2 Å². The van der Waals surface area contributed by atoms with E-state index >= 15 is 0 Å². The van der Waals surface area contributed by atoms with Gasteiger partial charge in [0, 0.05) is 18.2 Å². The second-order valence-corrected chi connectivity index (χ2v) is 4.12. The monoisotopic (exact) mass is 248 g/mol. The van der Waals surface area contributed by atoms with Crippen molar-refractivity contribution in [3.8, 4) is 0 Å². The molecule has 0 spiro atoms. The number of nitro benzene ring substituents is 1. The zero-order valence-corrected chi connectivity index (χ0v) is 9.77. The van der Waals surface area contributed by atoms with Gasteiger partial charge in [0.2, 0.25) is 0 Å². The summed E-state index contributed by atoms with van der Waals surface area (Å²) in [5, 5.41) is 20.3. The fourth-order valence-corrected chi connectivity index (χ4v) is 2.05. The van der Waals surface area contributed by atoms with Gasteiger partial charge in [-0.05, 0) is 25.0 Å². The molecule has 0 bridgehead atoms. The Bertz CT molecular complexity index is 630. The molecule has 0 radical (unpaired) electrons. The molecule has 0 unspecified atom stereocenters. The zero-order valence-electron chi connectivity index (χ0n) is 9.77. The number of aryl methyl sites for hydroxylation is 2. The Kier molecular flexibility index (Phi) is 3.01. The van der Waals surface area contributed by atoms with E-state index in [0.717, 1.165) is 0 Å². The van der Waals surface area contributed by atoms with Crippen LogP contribution in [-0.4, -0.2) is 21.0 Å². The molecule has 6 heteroatoms. The average Bonchev–Trinajstić information content (AvgIpc) is 2.68. The van der Waals surface area contributed by atoms with E-state index in [1.54, 1.807) is 25.3 Å². The van der Waals surface area contributed by atoms with Gasteiger partial charge in [-0.25, -0.2) is 0 Å². The van der Waals surface area contributed by atoms with Crippen LogP contribution < -0.4 is 0 Å². The third-order valence-corrected chi connectivity index (χ3v) is 2.89. The summed E-state index contributed by atoms with van der Waals surface area (Å²) in [6.45, 7) is 1.67. The molecule has 2 rings (SSSR count). The van der Waals surface area contributed by atoms with Crippen LogP contribution >= 0.6 is 0 Å². The standard InChI is InChI=1S/C12H12N2O4/c1-7-2-4-9-11(12(7)14(17)18)8(6-13-9)3-5-10(15)16/h2,4,6,13H,3,5H2,1H3,(H,15,16). The average molecular weight is 248 g/mol. The first kappa shape index (κ1) is 12.1. The normalized spacial score (nSPS) is 10.7. The summed E-state index contributed by atoms with van der Waals surface area (Å²) in [6, 6.07) is 3.44. The van der Waals surface area contributed by atoms with Crippen molar-refractivity contribution in [1.82, 2.24) is 4.98 Å². The third-order valence-electron chi connectivity index (χ3n) is 2.89. The predicted octanol–water partition coefficient (Wildman–Crippen LogP) is 2.40. The Morgan fingerprint density at radius 2 is 2.22 bits per heavy atom. The molecule has 1 aromatic heterocycles. The quantitative estimate of drug-likeness (QED) is 0.641. The van der Waals surface area contributed by atoms with Gasteiger partial charge >= 0.3 is 5.97 Å². The third kappa shape index (κ3) is 2.04. The van der Waals surface area contributed by atoms with Gasteiger partial charge in [-0.2, -0.15) is 0 Å². The van der Waals surface area contributed by atoms with E-state index in [9.17, 15) is 14.9 Å². The van der Waals surface area contributed by atoms with Gasteiger partial charge in [-0.1, -0.05) is 6.07 Å². The molecule has 0 saturated carbocycles. The maximum Gasteiger partial charge on any atom is 0.303 e. The summed E-state index contributed by atoms with van der Waals surface area (Å²) in [7, 11) is 0. The summed E-state index contributed by atoms with van der Waals surface area (Å²) >= 11 is 0. The Balaban J connectivity index is 2.58. The van der Waals surface area contributed by atoms with Crippen molar-refractivity contribution in [2.24, 2.45) is 0 Å². The van der Waals surface area contributed by atoms with E-state index < -0.39 is 10.9 Å². The van der Waals surface area contributed by atoms with Crippen molar-refractivity contribution >= 4 is 22.6 Å². The fraction of sp³-hybridized carbons (Fsp3) is 0.250. The second-order valence-electron chi connectivity index (χ2n) is 4.12. The molecule has 0 aliphatic heterocycles. The molecule has 1 heterocycles. The van der Waals surface area contributed by atoms with Crippen LogP contribution in [0.15, 0.2) is 18.3 Å². The molecule has 0 fully saturated rings. The number of carboxylic acid groups (broad SMARTS) is 1. The fourth-order valence-electron chi connectivity index (χ4n) is 2.05. The molecule has 0 aliphatic carbocycles. The number of carbonyl (C=O) groups is 1. The van der Waals surface area contributed by atoms with Gasteiger partial charge in [0.1, 0.15) is 0 Å². The van der Waals surface area contributed by atoms with Crippen LogP contribution in [-0.2, 0) is 11.2 Å².